The van der Waals surface area contributed by atoms with Gasteiger partial charge in [-0.25, -0.2) is 9.50 Å². The van der Waals surface area contributed by atoms with Crippen molar-refractivity contribution < 1.29 is 0 Å². The molecule has 3 aromatic heterocycles. The quantitative estimate of drug-likeness (QED) is 0.154. The summed E-state index contributed by atoms with van der Waals surface area (Å²) >= 11 is 0. The summed E-state index contributed by atoms with van der Waals surface area (Å²) in [5.41, 5.74) is 18.5. The molecule has 0 amide bonds. The number of hydrogen-bond acceptors (Lipinski definition) is 2. The Morgan fingerprint density at radius 3 is 1.31 bits per heavy atom. The van der Waals surface area contributed by atoms with E-state index in [-0.39, 0.29) is 0 Å². The molecule has 3 nitrogen and oxygen atoms in total. The zero-order valence-electron chi connectivity index (χ0n) is 33.4. The highest BCUT2D eigenvalue weighted by molar-refractivity contribution is 6.12. The summed E-state index contributed by atoms with van der Waals surface area (Å²) in [6.45, 7) is 0. The number of fused-ring (bicyclic) bond motifs is 3. The summed E-state index contributed by atoms with van der Waals surface area (Å²) in [4.78, 5) is 5.13. The largest absolute Gasteiger partial charge is 0.248 e. The molecule has 8 aromatic carbocycles. The van der Waals surface area contributed by atoms with E-state index in [1.54, 1.807) is 0 Å². The maximum absolute atomic E-state index is 5.43. The highest BCUT2D eigenvalue weighted by atomic mass is 15.2. The second kappa shape index (κ2) is 15.6. The second-order valence-electron chi connectivity index (χ2n) is 15.4. The van der Waals surface area contributed by atoms with Gasteiger partial charge in [0, 0.05) is 33.2 Å². The van der Waals surface area contributed by atoms with Crippen molar-refractivity contribution in [3.63, 3.8) is 0 Å². The summed E-state index contributed by atoms with van der Waals surface area (Å²) < 4.78 is 2.17. The fourth-order valence-corrected chi connectivity index (χ4v) is 8.66. The van der Waals surface area contributed by atoms with Crippen LogP contribution in [0.5, 0.6) is 0 Å². The van der Waals surface area contributed by atoms with Crippen LogP contribution in [-0.2, 0) is 0 Å². The van der Waals surface area contributed by atoms with Crippen LogP contribution < -0.4 is 0 Å². The predicted molar refractivity (Wildman–Crippen MR) is 254 cm³/mol. The molecule has 286 valence electrons. The lowest BCUT2D eigenvalue weighted by atomic mass is 9.92. The number of aromatic nitrogens is 3. The van der Waals surface area contributed by atoms with Gasteiger partial charge in [0.25, 0.3) is 0 Å². The molecule has 11 aromatic rings. The average Bonchev–Trinajstić information content (AvgIpc) is 3.76. The van der Waals surface area contributed by atoms with Crippen LogP contribution in [0.15, 0.2) is 237 Å². The lowest BCUT2D eigenvalue weighted by molar-refractivity contribution is 0.979. The third-order valence-corrected chi connectivity index (χ3v) is 11.6. The first-order valence-corrected chi connectivity index (χ1v) is 20.7. The summed E-state index contributed by atoms with van der Waals surface area (Å²) in [6.07, 6.45) is 0. The highest BCUT2D eigenvalue weighted by Gasteiger charge is 2.22. The second-order valence-corrected chi connectivity index (χ2v) is 15.4. The molecule has 0 spiro atoms. The monoisotopic (exact) mass is 777 g/mol. The van der Waals surface area contributed by atoms with E-state index in [1.807, 2.05) is 12.1 Å². The van der Waals surface area contributed by atoms with Crippen LogP contribution >= 0.6 is 0 Å². The molecule has 11 rings (SSSR count). The minimum atomic E-state index is 0.953. The standard InChI is InChI=1S/C58H39N3/c1-6-19-40(20-7-1)53-37-49(38-54(59-53)41-21-8-2-9-22-41)47-31-16-29-45(35-47)46-30-17-32-48(36-46)50-33-18-34-51-52(50)39-55(42-23-10-3-11-24-42)61-58(51)56(43-25-12-4-13-26-43)57(60-61)44-27-14-5-15-28-44/h1-39H. The molecule has 3 heterocycles. The van der Waals surface area contributed by atoms with E-state index in [0.29, 0.717) is 0 Å². The van der Waals surface area contributed by atoms with Gasteiger partial charge in [0.1, 0.15) is 5.69 Å². The van der Waals surface area contributed by atoms with Crippen LogP contribution in [-0.4, -0.2) is 14.6 Å². The number of rotatable bonds is 8. The number of benzene rings is 8. The number of hydrogen-bond donors (Lipinski definition) is 0. The van der Waals surface area contributed by atoms with Gasteiger partial charge in [-0.2, -0.15) is 5.10 Å². The molecule has 0 fully saturated rings. The minimum Gasteiger partial charge on any atom is -0.248 e. The molecule has 0 N–H and O–H groups in total. The Balaban J connectivity index is 1.08. The van der Waals surface area contributed by atoms with Crippen molar-refractivity contribution in [1.82, 2.24) is 14.6 Å². The van der Waals surface area contributed by atoms with Gasteiger partial charge < -0.3 is 0 Å². The summed E-state index contributed by atoms with van der Waals surface area (Å²) in [5.74, 6) is 0. The van der Waals surface area contributed by atoms with E-state index in [0.717, 1.165) is 94.9 Å². The van der Waals surface area contributed by atoms with Crippen LogP contribution in [0.4, 0.5) is 0 Å². The topological polar surface area (TPSA) is 30.2 Å². The maximum atomic E-state index is 5.43. The molecular weight excluding hydrogens is 739 g/mol. The van der Waals surface area contributed by atoms with Crippen molar-refractivity contribution in [2.24, 2.45) is 0 Å². The first-order chi connectivity index (χ1) is 30.2. The van der Waals surface area contributed by atoms with Crippen molar-refractivity contribution >= 4 is 16.3 Å². The first-order valence-electron chi connectivity index (χ1n) is 20.7. The molecule has 0 atom stereocenters. The van der Waals surface area contributed by atoms with E-state index in [9.17, 15) is 0 Å². The average molecular weight is 778 g/mol. The van der Waals surface area contributed by atoms with E-state index < -0.39 is 0 Å². The van der Waals surface area contributed by atoms with E-state index >= 15 is 0 Å². The Bertz CT molecular complexity index is 3260. The van der Waals surface area contributed by atoms with Crippen molar-refractivity contribution in [3.05, 3.63) is 237 Å². The molecule has 0 saturated heterocycles. The smallest absolute Gasteiger partial charge is 0.101 e. The fraction of sp³-hybridized carbons (Fsp3) is 0. The summed E-state index contributed by atoms with van der Waals surface area (Å²) in [5, 5.41) is 7.76. The van der Waals surface area contributed by atoms with Crippen LogP contribution in [0.2, 0.25) is 0 Å². The predicted octanol–water partition coefficient (Wildman–Crippen LogP) is 15.2. The molecule has 0 saturated carbocycles. The van der Waals surface area contributed by atoms with Crippen molar-refractivity contribution in [2.75, 3.05) is 0 Å². The normalized spacial score (nSPS) is 11.3. The van der Waals surface area contributed by atoms with E-state index in [1.165, 1.54) is 10.9 Å². The van der Waals surface area contributed by atoms with Crippen molar-refractivity contribution in [1.29, 1.82) is 0 Å². The van der Waals surface area contributed by atoms with Crippen LogP contribution in [0.25, 0.3) is 106 Å². The van der Waals surface area contributed by atoms with Crippen LogP contribution in [0, 0.1) is 0 Å². The minimum absolute atomic E-state index is 0.953. The number of nitrogens with zero attached hydrogens (tertiary/aromatic N) is 3. The van der Waals surface area contributed by atoms with Gasteiger partial charge >= 0.3 is 0 Å². The molecule has 0 aliphatic heterocycles. The van der Waals surface area contributed by atoms with Crippen molar-refractivity contribution in [2.45, 2.75) is 0 Å². The summed E-state index contributed by atoms with van der Waals surface area (Å²) in [6, 6.07) is 84.1. The Labute approximate surface area is 355 Å². The van der Waals surface area contributed by atoms with Gasteiger partial charge in [-0.15, -0.1) is 0 Å². The Hall–Kier alpha value is -8.14. The van der Waals surface area contributed by atoms with Gasteiger partial charge in [0.2, 0.25) is 0 Å². The molecule has 0 unspecified atom stereocenters. The van der Waals surface area contributed by atoms with Gasteiger partial charge in [-0.1, -0.05) is 206 Å². The van der Waals surface area contributed by atoms with Gasteiger partial charge in [0.05, 0.1) is 22.6 Å². The Kier molecular flexibility index (Phi) is 9.18. The van der Waals surface area contributed by atoms with Gasteiger partial charge in [-0.3, -0.25) is 0 Å². The summed E-state index contributed by atoms with van der Waals surface area (Å²) in [7, 11) is 0. The van der Waals surface area contributed by atoms with Crippen LogP contribution in [0.3, 0.4) is 0 Å². The molecule has 3 heteroatoms. The lowest BCUT2D eigenvalue weighted by Gasteiger charge is -2.15. The molecule has 0 bridgehead atoms. The van der Waals surface area contributed by atoms with E-state index in [2.05, 4.69) is 229 Å². The fourth-order valence-electron chi connectivity index (χ4n) is 8.66. The van der Waals surface area contributed by atoms with E-state index in [4.69, 9.17) is 10.1 Å². The maximum Gasteiger partial charge on any atom is 0.101 e. The molecule has 0 radical (unpaired) electrons. The van der Waals surface area contributed by atoms with Gasteiger partial charge in [0.15, 0.2) is 0 Å². The van der Waals surface area contributed by atoms with Gasteiger partial charge in [-0.05, 0) is 74.7 Å². The zero-order valence-corrected chi connectivity index (χ0v) is 33.4. The molecule has 0 aliphatic rings. The van der Waals surface area contributed by atoms with Crippen LogP contribution in [0.1, 0.15) is 0 Å². The molecule has 0 aliphatic carbocycles. The first kappa shape index (κ1) is 36.0. The third kappa shape index (κ3) is 6.78. The third-order valence-electron chi connectivity index (χ3n) is 11.6. The molecular formula is C58H39N3. The van der Waals surface area contributed by atoms with Crippen molar-refractivity contribution in [3.8, 4) is 89.5 Å². The molecule has 61 heavy (non-hydrogen) atoms. The Morgan fingerprint density at radius 2 is 0.738 bits per heavy atom. The highest BCUT2D eigenvalue weighted by Crippen LogP contribution is 2.43. The zero-order chi connectivity index (χ0) is 40.5. The Morgan fingerprint density at radius 1 is 0.295 bits per heavy atom. The number of pyridine rings is 2. The SMILES string of the molecule is c1ccc(-c2cc(-c3cccc(-c4cccc(-c5cccc6c5cc(-c5ccccc5)n5nc(-c7ccccc7)c(-c7ccccc7)c65)c4)c3)cc(-c3ccccc3)n2)cc1. The lowest BCUT2D eigenvalue weighted by Crippen LogP contribution is -1.96.